The van der Waals surface area contributed by atoms with E-state index in [0.717, 1.165) is 0 Å². The summed E-state index contributed by atoms with van der Waals surface area (Å²) in [5.41, 5.74) is 0. The van der Waals surface area contributed by atoms with E-state index in [2.05, 4.69) is 5.32 Å². The van der Waals surface area contributed by atoms with Gasteiger partial charge in [-0.15, -0.1) is 11.6 Å². The van der Waals surface area contributed by atoms with Gasteiger partial charge in [0.05, 0.1) is 0 Å². The number of nitrogens with one attached hydrogen (secondary N) is 1. The van der Waals surface area contributed by atoms with E-state index in [4.69, 9.17) is 11.6 Å². The zero-order valence-corrected chi connectivity index (χ0v) is 9.47. The first kappa shape index (κ1) is 13.0. The summed E-state index contributed by atoms with van der Waals surface area (Å²) in [6.07, 6.45) is 0. The van der Waals surface area contributed by atoms with E-state index in [1.54, 1.807) is 21.1 Å². The van der Waals surface area contributed by atoms with Gasteiger partial charge in [-0.1, -0.05) is 0 Å². The first-order chi connectivity index (χ1) is 6.52. The number of nitrogens with zero attached hydrogens (tertiary/aromatic N) is 2. The Bertz CT molecular complexity index is 189. The Hall–Kier alpha value is -0.970. The van der Waals surface area contributed by atoms with Crippen molar-refractivity contribution in [1.29, 1.82) is 0 Å². The quantitative estimate of drug-likeness (QED) is 0.677. The molecule has 0 bridgehead atoms. The molecule has 0 aliphatic heterocycles. The van der Waals surface area contributed by atoms with Crippen molar-refractivity contribution in [2.24, 2.45) is 0 Å². The molecule has 0 heterocycles. The molecule has 0 fully saturated rings. The largest absolute Gasteiger partial charge is 0.343 e. The Morgan fingerprint density at radius 1 is 1.21 bits per heavy atom. The van der Waals surface area contributed by atoms with Crippen molar-refractivity contribution in [2.45, 2.75) is 0 Å². The van der Waals surface area contributed by atoms with Crippen LogP contribution in [0.4, 0.5) is 4.79 Å². The van der Waals surface area contributed by atoms with Crippen LogP contribution in [0.3, 0.4) is 0 Å². The molecular weight excluding hydrogens is 206 g/mol. The first-order valence-electron chi connectivity index (χ1n) is 4.25. The van der Waals surface area contributed by atoms with Crippen LogP contribution < -0.4 is 5.32 Å². The van der Waals surface area contributed by atoms with Crippen LogP contribution in [-0.2, 0) is 4.79 Å². The summed E-state index contributed by atoms with van der Waals surface area (Å²) in [5, 5.41) is 2.49. The lowest BCUT2D eigenvalue weighted by Gasteiger charge is -2.21. The van der Waals surface area contributed by atoms with Crippen molar-refractivity contribution in [2.75, 3.05) is 40.1 Å². The number of hydrogen-bond donors (Lipinski definition) is 1. The summed E-state index contributed by atoms with van der Waals surface area (Å²) in [6.45, 7) is 0.967. The van der Waals surface area contributed by atoms with Crippen LogP contribution in [-0.4, -0.2) is 61.9 Å². The number of likely N-dealkylation sites (N-methyl/N-ethyl adjacent to an activating group) is 2. The second kappa shape index (κ2) is 6.48. The van der Waals surface area contributed by atoms with Gasteiger partial charge in [0.25, 0.3) is 0 Å². The van der Waals surface area contributed by atoms with Crippen LogP contribution in [0.5, 0.6) is 0 Å². The highest BCUT2D eigenvalue weighted by Gasteiger charge is 2.10. The van der Waals surface area contributed by atoms with Crippen LogP contribution in [0.25, 0.3) is 0 Å². The first-order valence-corrected chi connectivity index (χ1v) is 4.79. The van der Waals surface area contributed by atoms with Crippen LogP contribution in [0, 0.1) is 0 Å². The van der Waals surface area contributed by atoms with Gasteiger partial charge in [-0.2, -0.15) is 0 Å². The minimum atomic E-state index is -0.170. The van der Waals surface area contributed by atoms with Crippen molar-refractivity contribution < 1.29 is 9.59 Å². The molecule has 5 nitrogen and oxygen atoms in total. The van der Waals surface area contributed by atoms with Crippen molar-refractivity contribution >= 4 is 23.5 Å². The molecule has 0 rings (SSSR count). The lowest BCUT2D eigenvalue weighted by Crippen LogP contribution is -2.41. The average Bonchev–Trinajstić information content (AvgIpc) is 2.22. The van der Waals surface area contributed by atoms with Gasteiger partial charge in [0, 0.05) is 34.2 Å². The number of alkyl halides is 1. The van der Waals surface area contributed by atoms with E-state index in [1.807, 2.05) is 0 Å². The second-order valence-corrected chi connectivity index (χ2v) is 3.19. The van der Waals surface area contributed by atoms with Gasteiger partial charge < -0.3 is 15.1 Å². The van der Waals surface area contributed by atoms with E-state index in [9.17, 15) is 9.59 Å². The summed E-state index contributed by atoms with van der Waals surface area (Å²) < 4.78 is 0. The minimum Gasteiger partial charge on any atom is -0.343 e. The topological polar surface area (TPSA) is 52.7 Å². The number of hydrogen-bond acceptors (Lipinski definition) is 2. The van der Waals surface area contributed by atoms with Crippen LogP contribution >= 0.6 is 11.6 Å². The molecule has 0 aromatic rings. The SMILES string of the molecule is CNC(=O)N(C)CCN(C)C(=O)CCl. The summed E-state index contributed by atoms with van der Waals surface area (Å²) in [5.74, 6) is -0.169. The number of carbonyl (C=O) groups excluding carboxylic acids is 2. The monoisotopic (exact) mass is 221 g/mol. The van der Waals surface area contributed by atoms with Crippen LogP contribution in [0.15, 0.2) is 0 Å². The molecule has 0 aliphatic rings. The molecule has 0 unspecified atom stereocenters. The number of halogens is 1. The number of rotatable bonds is 4. The number of carbonyl (C=O) groups is 2. The summed E-state index contributed by atoms with van der Waals surface area (Å²) in [7, 11) is 4.88. The Kier molecular flexibility index (Phi) is 6.03. The molecule has 82 valence electrons. The fraction of sp³-hybridized carbons (Fsp3) is 0.750. The van der Waals surface area contributed by atoms with Gasteiger partial charge >= 0.3 is 6.03 Å². The Labute approximate surface area is 89.0 Å². The highest BCUT2D eigenvalue weighted by atomic mass is 35.5. The Morgan fingerprint density at radius 3 is 2.14 bits per heavy atom. The predicted octanol–water partition coefficient (Wildman–Crippen LogP) is -0.0452. The van der Waals surface area contributed by atoms with E-state index in [0.29, 0.717) is 13.1 Å². The molecule has 0 aliphatic carbocycles. The fourth-order valence-corrected chi connectivity index (χ4v) is 1.02. The van der Waals surface area contributed by atoms with Crippen molar-refractivity contribution in [1.82, 2.24) is 15.1 Å². The molecule has 0 radical (unpaired) electrons. The fourth-order valence-electron chi connectivity index (χ4n) is 0.819. The van der Waals surface area contributed by atoms with E-state index in [1.165, 1.54) is 9.80 Å². The third kappa shape index (κ3) is 4.32. The van der Waals surface area contributed by atoms with E-state index in [-0.39, 0.29) is 17.8 Å². The van der Waals surface area contributed by atoms with Gasteiger partial charge in [-0.05, 0) is 0 Å². The Balaban J connectivity index is 3.82. The second-order valence-electron chi connectivity index (χ2n) is 2.93. The van der Waals surface area contributed by atoms with Gasteiger partial charge in [0.1, 0.15) is 5.88 Å². The maximum atomic E-state index is 11.0. The molecule has 3 amide bonds. The molecule has 0 saturated carbocycles. The summed E-state index contributed by atoms with van der Waals surface area (Å²) in [4.78, 5) is 25.1. The standard InChI is InChI=1S/C8H16ClN3O2/c1-10-8(14)12(3)5-4-11(2)7(13)6-9/h4-6H2,1-3H3,(H,10,14). The predicted molar refractivity (Wildman–Crippen MR) is 55.4 cm³/mol. The summed E-state index contributed by atoms with van der Waals surface area (Å²) >= 11 is 5.37. The van der Waals surface area contributed by atoms with Gasteiger partial charge in [0.2, 0.25) is 5.91 Å². The van der Waals surface area contributed by atoms with Crippen molar-refractivity contribution in [3.63, 3.8) is 0 Å². The van der Waals surface area contributed by atoms with Crippen LogP contribution in [0.1, 0.15) is 0 Å². The zero-order chi connectivity index (χ0) is 11.1. The third-order valence-electron chi connectivity index (χ3n) is 1.87. The highest BCUT2D eigenvalue weighted by Crippen LogP contribution is 1.90. The molecule has 0 aromatic heterocycles. The third-order valence-corrected chi connectivity index (χ3v) is 2.10. The lowest BCUT2D eigenvalue weighted by atomic mass is 10.5. The molecule has 14 heavy (non-hydrogen) atoms. The minimum absolute atomic E-state index is 0.0276. The van der Waals surface area contributed by atoms with E-state index >= 15 is 0 Å². The number of amides is 3. The van der Waals surface area contributed by atoms with E-state index < -0.39 is 0 Å². The molecule has 0 atom stereocenters. The summed E-state index contributed by atoms with van der Waals surface area (Å²) in [6, 6.07) is -0.170. The normalized spacial score (nSPS) is 9.43. The Morgan fingerprint density at radius 2 is 1.71 bits per heavy atom. The smallest absolute Gasteiger partial charge is 0.316 e. The molecule has 0 spiro atoms. The average molecular weight is 222 g/mol. The number of urea groups is 1. The molecule has 0 saturated heterocycles. The molecular formula is C8H16ClN3O2. The van der Waals surface area contributed by atoms with Crippen molar-refractivity contribution in [3.05, 3.63) is 0 Å². The van der Waals surface area contributed by atoms with Gasteiger partial charge in [-0.3, -0.25) is 4.79 Å². The molecule has 1 N–H and O–H groups in total. The van der Waals surface area contributed by atoms with Crippen LogP contribution in [0.2, 0.25) is 0 Å². The van der Waals surface area contributed by atoms with Crippen molar-refractivity contribution in [3.8, 4) is 0 Å². The molecule has 0 aromatic carbocycles. The maximum Gasteiger partial charge on any atom is 0.316 e. The highest BCUT2D eigenvalue weighted by molar-refractivity contribution is 6.27. The lowest BCUT2D eigenvalue weighted by molar-refractivity contribution is -0.127. The molecule has 6 heteroatoms. The zero-order valence-electron chi connectivity index (χ0n) is 8.71. The van der Waals surface area contributed by atoms with Gasteiger partial charge in [0.15, 0.2) is 0 Å². The maximum absolute atomic E-state index is 11.0. The van der Waals surface area contributed by atoms with Gasteiger partial charge in [-0.25, -0.2) is 4.79 Å².